The van der Waals surface area contributed by atoms with Crippen molar-refractivity contribution in [1.29, 1.82) is 0 Å². The van der Waals surface area contributed by atoms with Gasteiger partial charge in [-0.25, -0.2) is 9.07 Å². The molecule has 1 aromatic heterocycles. The average Bonchev–Trinajstić information content (AvgIpc) is 3.95. The molecule has 2 aromatic rings. The highest BCUT2D eigenvalue weighted by molar-refractivity contribution is 5.88. The predicted octanol–water partition coefficient (Wildman–Crippen LogP) is 5.67. The summed E-state index contributed by atoms with van der Waals surface area (Å²) < 4.78 is 73.2. The van der Waals surface area contributed by atoms with Crippen LogP contribution in [0.4, 0.5) is 4.39 Å². The molecule has 4 aliphatic rings. The zero-order valence-corrected chi connectivity index (χ0v) is 50.9. The molecular weight excluding hydrogens is 1050 g/mol. The van der Waals surface area contributed by atoms with E-state index in [4.69, 9.17) is 47.5 Å². The van der Waals surface area contributed by atoms with Crippen LogP contribution in [-0.2, 0) is 58.7 Å². The van der Waals surface area contributed by atoms with Crippen LogP contribution in [0.3, 0.4) is 0 Å². The van der Waals surface area contributed by atoms with Gasteiger partial charge < -0.3 is 77.7 Å². The van der Waals surface area contributed by atoms with Crippen LogP contribution in [0.15, 0.2) is 41.7 Å². The van der Waals surface area contributed by atoms with Gasteiger partial charge in [0.25, 0.3) is 0 Å². The van der Waals surface area contributed by atoms with Crippen LogP contribution in [0, 0.1) is 23.7 Å². The van der Waals surface area contributed by atoms with Crippen molar-refractivity contribution < 1.29 is 77.1 Å². The summed E-state index contributed by atoms with van der Waals surface area (Å²) in [6.45, 7) is 19.0. The van der Waals surface area contributed by atoms with Crippen LogP contribution in [0.5, 0.6) is 0 Å². The Morgan fingerprint density at radius 2 is 1.63 bits per heavy atom. The van der Waals surface area contributed by atoms with Crippen LogP contribution in [0.25, 0.3) is 5.57 Å². The molecule has 6 rings (SSSR count). The largest absolute Gasteiger partial charge is 0.459 e. The van der Waals surface area contributed by atoms with Crippen LogP contribution < -0.4 is 0 Å². The Bertz CT molecular complexity index is 2350. The monoisotopic (exact) mass is 1150 g/mol. The molecule has 3 saturated heterocycles. The molecule has 0 spiro atoms. The molecule has 0 bridgehead atoms. The average molecular weight is 1150 g/mol. The Morgan fingerprint density at radius 1 is 0.938 bits per heavy atom. The number of rotatable bonds is 20. The Hall–Kier alpha value is -3.59. The Labute approximate surface area is 479 Å². The molecule has 0 unspecified atom stereocenters. The minimum atomic E-state index is -1.97. The van der Waals surface area contributed by atoms with E-state index in [-0.39, 0.29) is 26.1 Å². The number of esters is 1. The van der Waals surface area contributed by atoms with E-state index < -0.39 is 133 Å². The number of aliphatic hydroxyl groups is 4. The van der Waals surface area contributed by atoms with Crippen molar-refractivity contribution in [3.63, 3.8) is 0 Å². The minimum absolute atomic E-state index is 0.0872. The molecule has 5 heterocycles. The number of alkyl halides is 1. The van der Waals surface area contributed by atoms with Gasteiger partial charge in [-0.2, -0.15) is 0 Å². The molecule has 0 radical (unpaired) electrons. The molecule has 4 N–H and O–H groups in total. The number of hydrogen-bond acceptors (Lipinski definition) is 20. The van der Waals surface area contributed by atoms with Crippen molar-refractivity contribution in [2.45, 2.75) is 204 Å². The molecule has 1 aromatic carbocycles. The van der Waals surface area contributed by atoms with Crippen LogP contribution in [0.1, 0.15) is 130 Å². The third-order valence-electron chi connectivity index (χ3n) is 18.0. The summed E-state index contributed by atoms with van der Waals surface area (Å²) in [4.78, 5) is 24.6. The zero-order chi connectivity index (χ0) is 59.7. The first-order valence-electron chi connectivity index (χ1n) is 28.9. The fourth-order valence-corrected chi connectivity index (χ4v) is 12.6. The van der Waals surface area contributed by atoms with E-state index in [0.717, 1.165) is 30.6 Å². The number of aromatic nitrogens is 3. The second kappa shape index (κ2) is 29.0. The fourth-order valence-electron chi connectivity index (χ4n) is 12.6. The van der Waals surface area contributed by atoms with E-state index >= 15 is 4.39 Å². The third-order valence-corrected chi connectivity index (χ3v) is 18.0. The summed E-state index contributed by atoms with van der Waals surface area (Å²) in [7, 11) is 10.1. The van der Waals surface area contributed by atoms with Crippen molar-refractivity contribution in [2.75, 3.05) is 75.6 Å². The van der Waals surface area contributed by atoms with Gasteiger partial charge in [0.2, 0.25) is 6.79 Å². The second-order valence-electron chi connectivity index (χ2n) is 24.0. The van der Waals surface area contributed by atoms with Crippen molar-refractivity contribution in [3.05, 3.63) is 53.4 Å². The molecular formula is C59H97FN6O15. The van der Waals surface area contributed by atoms with Crippen molar-refractivity contribution >= 4 is 17.3 Å². The smallest absolute Gasteiger partial charge is 0.311 e. The summed E-state index contributed by atoms with van der Waals surface area (Å²) in [5, 5.41) is 61.2. The molecule has 0 saturated carbocycles. The maximum Gasteiger partial charge on any atom is 0.311 e. The number of hydrogen-bond donors (Lipinski definition) is 4. The number of likely N-dealkylation sites (N-methyl/N-ethyl adjacent to an activating group) is 2. The Balaban J connectivity index is 1.30. The number of cyclic esters (lactones) is 1. The molecule has 3 fully saturated rings. The van der Waals surface area contributed by atoms with Crippen molar-refractivity contribution in [1.82, 2.24) is 24.8 Å². The first-order valence-corrected chi connectivity index (χ1v) is 28.9. The van der Waals surface area contributed by atoms with E-state index in [2.05, 4.69) is 45.6 Å². The number of halogens is 1. The maximum atomic E-state index is 15.0. The van der Waals surface area contributed by atoms with Gasteiger partial charge in [0, 0.05) is 90.9 Å². The number of carbonyl (C=O) groups is 1. The lowest BCUT2D eigenvalue weighted by Crippen LogP contribution is -2.61. The summed E-state index contributed by atoms with van der Waals surface area (Å²) in [6, 6.07) is 6.84. The minimum Gasteiger partial charge on any atom is -0.459 e. The normalized spacial score (nSPS) is 38.3. The molecule has 460 valence electrons. The van der Waals surface area contributed by atoms with Gasteiger partial charge in [-0.1, -0.05) is 68.4 Å². The number of methoxy groups -OCH3 is 4. The zero-order valence-electron chi connectivity index (χ0n) is 50.9. The first-order chi connectivity index (χ1) is 38.3. The van der Waals surface area contributed by atoms with E-state index in [0.29, 0.717) is 30.8 Å². The number of ether oxygens (including phenoxy) is 9. The summed E-state index contributed by atoms with van der Waals surface area (Å²) in [6.07, 6.45) is -4.84. The Morgan fingerprint density at radius 3 is 2.23 bits per heavy atom. The van der Waals surface area contributed by atoms with Gasteiger partial charge in [0.05, 0.1) is 59.0 Å². The highest BCUT2D eigenvalue weighted by Crippen LogP contribution is 2.43. The van der Waals surface area contributed by atoms with E-state index in [9.17, 15) is 25.2 Å². The highest BCUT2D eigenvalue weighted by Gasteiger charge is 2.54. The second-order valence-corrected chi connectivity index (χ2v) is 24.0. The molecule has 81 heavy (non-hydrogen) atoms. The molecule has 21 nitrogen and oxygen atoms in total. The van der Waals surface area contributed by atoms with Gasteiger partial charge in [0.15, 0.2) is 12.6 Å². The number of benzene rings is 1. The molecule has 0 amide bonds. The quantitative estimate of drug-likeness (QED) is 0.0541. The van der Waals surface area contributed by atoms with Gasteiger partial charge in [-0.05, 0) is 98.0 Å². The van der Waals surface area contributed by atoms with Crippen LogP contribution >= 0.6 is 0 Å². The SMILES string of the molecule is CC[C@H]1OC(=O)[C@H](C)[C@@H](O[C@H]2C[C@@](C)(OC)[C@@H](O)[C@H](C)O2)[C@H](C)[C@@H](O[C@@H]2O[C@H](C)C[C@H](N(C)CCc3cn([C@H](CF)[C@H](OC)c4ccc(C5=CCN(C)CC5)cc4)nn3)[C@H]2O)[C@](C)(OC)C[C@@H](C)/C(=N\OCOC)[C@H](C)[C@@H](O)[C@]1(C)O. The number of oxime groups is 1. The van der Waals surface area contributed by atoms with Gasteiger partial charge in [-0.3, -0.25) is 4.79 Å². The highest BCUT2D eigenvalue weighted by atomic mass is 19.1. The van der Waals surface area contributed by atoms with Gasteiger partial charge in [-0.15, -0.1) is 5.10 Å². The van der Waals surface area contributed by atoms with Crippen molar-refractivity contribution in [2.24, 2.45) is 28.8 Å². The summed E-state index contributed by atoms with van der Waals surface area (Å²) >= 11 is 0. The van der Waals surface area contributed by atoms with Gasteiger partial charge in [0.1, 0.15) is 42.7 Å². The number of nitrogens with zero attached hydrogens (tertiary/aromatic N) is 6. The molecule has 20 atom stereocenters. The summed E-state index contributed by atoms with van der Waals surface area (Å²) in [5.41, 5.74) is -0.108. The summed E-state index contributed by atoms with van der Waals surface area (Å²) in [5.74, 6) is -3.98. The van der Waals surface area contributed by atoms with Crippen LogP contribution in [-0.4, -0.2) is 217 Å². The van der Waals surface area contributed by atoms with Crippen molar-refractivity contribution in [3.8, 4) is 0 Å². The first kappa shape index (κ1) is 66.5. The maximum absolute atomic E-state index is 15.0. The molecule has 22 heteroatoms. The molecule has 4 aliphatic heterocycles. The Kier molecular flexibility index (Phi) is 23.8. The van der Waals surface area contributed by atoms with E-state index in [1.54, 1.807) is 55.0 Å². The van der Waals surface area contributed by atoms with Gasteiger partial charge >= 0.3 is 5.97 Å². The lowest BCUT2D eigenvalue weighted by atomic mass is 9.73. The lowest BCUT2D eigenvalue weighted by Gasteiger charge is -2.50. The fraction of sp³-hybridized carbons (Fsp3) is 0.797. The van der Waals surface area contributed by atoms with Crippen LogP contribution in [0.2, 0.25) is 0 Å². The standard InChI is InChI=1S/C59H97FN6O15/c1-17-46-59(10,71)52(68)36(4)48(62-76-33-72-13)34(2)29-58(9,75-16)54(37(5)50(38(6)55(70)79-46)80-47-30-57(8,74-15)53(69)39(7)78-47)81-56-49(67)44(28-35(3)77-56)65(12)27-24-43-32-66(63-61-43)45(31-60)51(73-14)42-20-18-40(19-21-42)41-22-25-64(11)26-23-41/h18-22,32,34-39,44-47,49-54,56,67-69,71H,17,23-31,33H2,1-16H3/b62-48+/t34-,35-,36+,37+,38-,39+,44+,45-,46-,47+,49-,50+,51-,52-,53+,54-,56+,57-,58-,59-/m1/s1. The topological polar surface area (TPSA) is 240 Å². The predicted molar refractivity (Wildman–Crippen MR) is 300 cm³/mol. The lowest BCUT2D eigenvalue weighted by molar-refractivity contribution is -0.319. The van der Waals surface area contributed by atoms with E-state index in [1.165, 1.54) is 31.4 Å². The third kappa shape index (κ3) is 15.5. The molecule has 0 aliphatic carbocycles. The van der Waals surface area contributed by atoms with E-state index in [1.807, 2.05) is 51.8 Å². The number of aliphatic hydroxyl groups excluding tert-OH is 3. The number of carbonyl (C=O) groups excluding carboxylic acids is 1.